The van der Waals surface area contributed by atoms with Crippen LogP contribution >= 0.6 is 0 Å². The Balaban J connectivity index is 1.88. The van der Waals surface area contributed by atoms with Crippen molar-refractivity contribution in [1.82, 2.24) is 4.90 Å². The lowest BCUT2D eigenvalue weighted by Crippen LogP contribution is -2.51. The number of hydrogen-bond donors (Lipinski definition) is 1. The molecule has 3 heteroatoms. The second kappa shape index (κ2) is 4.40. The summed E-state index contributed by atoms with van der Waals surface area (Å²) >= 11 is 0. The van der Waals surface area contributed by atoms with Crippen LogP contribution in [0.1, 0.15) is 25.7 Å². The van der Waals surface area contributed by atoms with Gasteiger partial charge in [0, 0.05) is 6.61 Å². The summed E-state index contributed by atoms with van der Waals surface area (Å²) < 4.78 is 5.40. The minimum absolute atomic E-state index is 0.160. The molecule has 76 valence electrons. The molecule has 2 aliphatic rings. The number of rotatable bonds is 1. The second-order valence-electron chi connectivity index (χ2n) is 4.09. The van der Waals surface area contributed by atoms with Crippen molar-refractivity contribution in [1.29, 1.82) is 0 Å². The lowest BCUT2D eigenvalue weighted by molar-refractivity contribution is -0.0655. The molecule has 0 amide bonds. The Kier molecular flexibility index (Phi) is 3.19. The van der Waals surface area contributed by atoms with E-state index in [1.54, 1.807) is 0 Å². The van der Waals surface area contributed by atoms with Crippen LogP contribution in [0.25, 0.3) is 0 Å². The molecular weight excluding hydrogens is 166 g/mol. The number of aliphatic hydroxyl groups excluding tert-OH is 1. The molecular formula is C10H19NO2. The van der Waals surface area contributed by atoms with Gasteiger partial charge in [-0.2, -0.15) is 0 Å². The van der Waals surface area contributed by atoms with Gasteiger partial charge >= 0.3 is 0 Å². The van der Waals surface area contributed by atoms with Crippen LogP contribution in [0.15, 0.2) is 0 Å². The predicted molar refractivity (Wildman–Crippen MR) is 50.7 cm³/mol. The maximum absolute atomic E-state index is 9.80. The van der Waals surface area contributed by atoms with E-state index >= 15 is 0 Å². The summed E-state index contributed by atoms with van der Waals surface area (Å²) in [6.45, 7) is 3.74. The van der Waals surface area contributed by atoms with Crippen LogP contribution < -0.4 is 0 Å². The Morgan fingerprint density at radius 1 is 1.15 bits per heavy atom. The largest absolute Gasteiger partial charge is 0.391 e. The fraction of sp³-hybridized carbons (Fsp3) is 1.00. The van der Waals surface area contributed by atoms with E-state index in [2.05, 4.69) is 4.90 Å². The summed E-state index contributed by atoms with van der Waals surface area (Å²) in [6, 6.07) is 0.272. The van der Waals surface area contributed by atoms with E-state index in [9.17, 15) is 5.11 Å². The molecule has 0 saturated carbocycles. The number of hydrogen-bond acceptors (Lipinski definition) is 3. The number of likely N-dealkylation sites (tertiary alicyclic amines) is 1. The third-order valence-corrected chi connectivity index (χ3v) is 3.15. The molecule has 0 aromatic rings. The van der Waals surface area contributed by atoms with Gasteiger partial charge in [-0.15, -0.1) is 0 Å². The molecule has 2 fully saturated rings. The number of ether oxygens (including phenoxy) is 1. The first-order valence-electron chi connectivity index (χ1n) is 5.38. The van der Waals surface area contributed by atoms with Gasteiger partial charge in [0.1, 0.15) is 0 Å². The van der Waals surface area contributed by atoms with Crippen molar-refractivity contribution in [3.8, 4) is 0 Å². The molecule has 0 aromatic heterocycles. The van der Waals surface area contributed by atoms with Gasteiger partial charge in [-0.3, -0.25) is 4.90 Å². The molecule has 0 spiro atoms. The SMILES string of the molecule is OC1CCOCC1N1CCCCC1. The summed E-state index contributed by atoms with van der Waals surface area (Å²) in [7, 11) is 0. The Labute approximate surface area is 79.7 Å². The molecule has 13 heavy (non-hydrogen) atoms. The highest BCUT2D eigenvalue weighted by atomic mass is 16.5. The van der Waals surface area contributed by atoms with E-state index in [1.165, 1.54) is 19.3 Å². The van der Waals surface area contributed by atoms with Gasteiger partial charge < -0.3 is 9.84 Å². The highest BCUT2D eigenvalue weighted by Crippen LogP contribution is 2.18. The number of aliphatic hydroxyl groups is 1. The van der Waals surface area contributed by atoms with Crippen LogP contribution in [-0.4, -0.2) is 48.5 Å². The zero-order valence-corrected chi connectivity index (χ0v) is 8.11. The van der Waals surface area contributed by atoms with Gasteiger partial charge in [0.15, 0.2) is 0 Å². The fourth-order valence-electron chi connectivity index (χ4n) is 2.31. The Hall–Kier alpha value is -0.120. The van der Waals surface area contributed by atoms with E-state index < -0.39 is 0 Å². The van der Waals surface area contributed by atoms with E-state index in [1.807, 2.05) is 0 Å². The molecule has 1 N–H and O–H groups in total. The molecule has 2 rings (SSSR count). The van der Waals surface area contributed by atoms with Gasteiger partial charge in [0.25, 0.3) is 0 Å². The smallest absolute Gasteiger partial charge is 0.0739 e. The quantitative estimate of drug-likeness (QED) is 0.650. The third-order valence-electron chi connectivity index (χ3n) is 3.15. The molecule has 3 nitrogen and oxygen atoms in total. The highest BCUT2D eigenvalue weighted by molar-refractivity contribution is 4.83. The maximum atomic E-state index is 9.80. The standard InChI is InChI=1S/C10H19NO2/c12-10-4-7-13-8-9(10)11-5-2-1-3-6-11/h9-10,12H,1-8H2. The van der Waals surface area contributed by atoms with Crippen LogP contribution in [0, 0.1) is 0 Å². The first-order valence-corrected chi connectivity index (χ1v) is 5.38. The zero-order chi connectivity index (χ0) is 9.10. The molecule has 0 aromatic carbocycles. The molecule has 2 unspecified atom stereocenters. The van der Waals surface area contributed by atoms with Crippen LogP contribution in [0.4, 0.5) is 0 Å². The van der Waals surface area contributed by atoms with Crippen molar-refractivity contribution in [2.75, 3.05) is 26.3 Å². The number of nitrogens with zero attached hydrogens (tertiary/aromatic N) is 1. The van der Waals surface area contributed by atoms with E-state index in [-0.39, 0.29) is 12.1 Å². The molecule has 2 heterocycles. The molecule has 2 aliphatic heterocycles. The Morgan fingerprint density at radius 3 is 2.62 bits per heavy atom. The van der Waals surface area contributed by atoms with Crippen LogP contribution in [0.5, 0.6) is 0 Å². The maximum Gasteiger partial charge on any atom is 0.0739 e. The van der Waals surface area contributed by atoms with Crippen LogP contribution in [0.3, 0.4) is 0 Å². The lowest BCUT2D eigenvalue weighted by atomic mass is 10.0. The molecule has 0 aliphatic carbocycles. The minimum Gasteiger partial charge on any atom is -0.391 e. The van der Waals surface area contributed by atoms with Gasteiger partial charge in [-0.25, -0.2) is 0 Å². The summed E-state index contributed by atoms with van der Waals surface area (Å²) in [5.74, 6) is 0. The predicted octanol–water partition coefficient (Wildman–Crippen LogP) is 0.622. The van der Waals surface area contributed by atoms with Gasteiger partial charge in [0.2, 0.25) is 0 Å². The Bertz CT molecular complexity index is 157. The van der Waals surface area contributed by atoms with Crippen molar-refractivity contribution in [3.63, 3.8) is 0 Å². The summed E-state index contributed by atoms with van der Waals surface area (Å²) in [6.07, 6.45) is 4.56. The van der Waals surface area contributed by atoms with E-state index in [0.29, 0.717) is 0 Å². The van der Waals surface area contributed by atoms with Crippen molar-refractivity contribution in [2.45, 2.75) is 37.8 Å². The molecule has 0 bridgehead atoms. The van der Waals surface area contributed by atoms with Gasteiger partial charge in [0.05, 0.1) is 18.8 Å². The average Bonchev–Trinajstić information content (AvgIpc) is 2.20. The fourth-order valence-corrected chi connectivity index (χ4v) is 2.31. The monoisotopic (exact) mass is 185 g/mol. The number of piperidine rings is 1. The topological polar surface area (TPSA) is 32.7 Å². The lowest BCUT2D eigenvalue weighted by Gasteiger charge is -2.39. The first kappa shape index (κ1) is 9.44. The van der Waals surface area contributed by atoms with Crippen LogP contribution in [-0.2, 0) is 4.74 Å². The van der Waals surface area contributed by atoms with Crippen LogP contribution in [0.2, 0.25) is 0 Å². The minimum atomic E-state index is -0.160. The average molecular weight is 185 g/mol. The van der Waals surface area contributed by atoms with Crippen molar-refractivity contribution in [2.24, 2.45) is 0 Å². The van der Waals surface area contributed by atoms with Gasteiger partial charge in [-0.1, -0.05) is 6.42 Å². The normalized spacial score (nSPS) is 37.6. The van der Waals surface area contributed by atoms with Crippen molar-refractivity contribution >= 4 is 0 Å². The van der Waals surface area contributed by atoms with E-state index in [0.717, 1.165) is 32.7 Å². The summed E-state index contributed by atoms with van der Waals surface area (Å²) in [5, 5.41) is 9.80. The first-order chi connectivity index (χ1) is 6.38. The summed E-state index contributed by atoms with van der Waals surface area (Å²) in [4.78, 5) is 2.40. The Morgan fingerprint density at radius 2 is 1.92 bits per heavy atom. The molecule has 2 saturated heterocycles. The zero-order valence-electron chi connectivity index (χ0n) is 8.11. The molecule has 2 atom stereocenters. The third kappa shape index (κ3) is 2.22. The highest BCUT2D eigenvalue weighted by Gasteiger charge is 2.29. The van der Waals surface area contributed by atoms with Crippen molar-refractivity contribution < 1.29 is 9.84 Å². The second-order valence-corrected chi connectivity index (χ2v) is 4.09. The van der Waals surface area contributed by atoms with Gasteiger partial charge in [-0.05, 0) is 32.4 Å². The van der Waals surface area contributed by atoms with Crippen molar-refractivity contribution in [3.05, 3.63) is 0 Å². The molecule has 0 radical (unpaired) electrons. The summed E-state index contributed by atoms with van der Waals surface area (Å²) in [5.41, 5.74) is 0. The van der Waals surface area contributed by atoms with E-state index in [4.69, 9.17) is 4.74 Å².